The molecule has 0 N–H and O–H groups in total. The smallest absolute Gasteiger partial charge is 0.306 e. The highest BCUT2D eigenvalue weighted by Crippen LogP contribution is 2.19. The van der Waals surface area contributed by atoms with Gasteiger partial charge in [0, 0.05) is 19.3 Å². The molecule has 0 aliphatic heterocycles. The van der Waals surface area contributed by atoms with Crippen LogP contribution >= 0.6 is 0 Å². The maximum absolute atomic E-state index is 12.9. The van der Waals surface area contributed by atoms with E-state index in [4.69, 9.17) is 14.2 Å². The first-order chi connectivity index (χ1) is 33.3. The van der Waals surface area contributed by atoms with Crippen LogP contribution in [-0.4, -0.2) is 37.2 Å². The molecule has 0 amide bonds. The van der Waals surface area contributed by atoms with Gasteiger partial charge in [-0.3, -0.25) is 14.4 Å². The molecule has 0 aliphatic carbocycles. The molecule has 0 bridgehead atoms. The lowest BCUT2D eigenvalue weighted by atomic mass is 9.99. The minimum absolute atomic E-state index is 0.0622. The molecule has 0 aromatic heterocycles. The lowest BCUT2D eigenvalue weighted by Crippen LogP contribution is -2.30. The molecule has 0 aliphatic rings. The summed E-state index contributed by atoms with van der Waals surface area (Å²) < 4.78 is 16.9. The molecule has 0 saturated heterocycles. The Balaban J connectivity index is 4.23. The van der Waals surface area contributed by atoms with Crippen LogP contribution in [0.3, 0.4) is 0 Å². The van der Waals surface area contributed by atoms with E-state index in [1.165, 1.54) is 238 Å². The number of carbonyl (C=O) groups excluding carboxylic acids is 3. The third kappa shape index (κ3) is 53.8. The van der Waals surface area contributed by atoms with Crippen LogP contribution in [0.2, 0.25) is 0 Å². The second-order valence-electron chi connectivity index (χ2n) is 22.1. The quantitative estimate of drug-likeness (QED) is 0.0343. The van der Waals surface area contributed by atoms with Gasteiger partial charge < -0.3 is 14.2 Å². The number of unbranched alkanes of at least 4 members (excludes halogenated alkanes) is 40. The first-order valence-electron chi connectivity index (χ1n) is 30.8. The second kappa shape index (κ2) is 54.7. The monoisotopic (exact) mass is 961 g/mol. The molecule has 0 rings (SSSR count). The molecule has 6 nitrogen and oxygen atoms in total. The van der Waals surface area contributed by atoms with Gasteiger partial charge in [-0.1, -0.05) is 311 Å². The van der Waals surface area contributed by atoms with E-state index in [-0.39, 0.29) is 31.1 Å². The molecular weight excluding hydrogens is 841 g/mol. The lowest BCUT2D eigenvalue weighted by Gasteiger charge is -2.18. The number of esters is 3. The van der Waals surface area contributed by atoms with Gasteiger partial charge in [0.05, 0.1) is 0 Å². The van der Waals surface area contributed by atoms with Crippen molar-refractivity contribution in [1.29, 1.82) is 0 Å². The minimum atomic E-state index is -0.763. The summed E-state index contributed by atoms with van der Waals surface area (Å²) in [6.07, 6.45) is 59.5. The van der Waals surface area contributed by atoms with Crippen molar-refractivity contribution in [3.05, 3.63) is 0 Å². The molecule has 0 heterocycles. The van der Waals surface area contributed by atoms with E-state index in [1.807, 2.05) is 0 Å². The van der Waals surface area contributed by atoms with E-state index in [9.17, 15) is 14.4 Å². The molecule has 0 radical (unpaired) electrons. The number of hydrogen-bond donors (Lipinski definition) is 0. The van der Waals surface area contributed by atoms with Crippen LogP contribution in [0.15, 0.2) is 0 Å². The zero-order chi connectivity index (χ0) is 49.6. The standard InChI is InChI=1S/C62H120O6/c1-6-8-9-10-11-12-13-27-32-37-42-47-52-60(63)66-55-59(68-62(65)54-49-44-39-34-29-24-20-21-25-30-35-40-45-50-57(3)4)56-67-61(64)53-48-43-38-33-28-23-19-17-15-14-16-18-22-26-31-36-41-46-51-58(5)7-2/h57-59H,6-56H2,1-5H3/t58?,59-/m1/s1. The Morgan fingerprint density at radius 1 is 0.309 bits per heavy atom. The Labute approximate surface area is 425 Å². The summed E-state index contributed by atoms with van der Waals surface area (Å²) in [6, 6.07) is 0. The average molecular weight is 962 g/mol. The number of hydrogen-bond acceptors (Lipinski definition) is 6. The van der Waals surface area contributed by atoms with Crippen LogP contribution in [0.5, 0.6) is 0 Å². The maximum atomic E-state index is 12.9. The predicted molar refractivity (Wildman–Crippen MR) is 293 cm³/mol. The molecule has 0 spiro atoms. The topological polar surface area (TPSA) is 78.9 Å². The van der Waals surface area contributed by atoms with Gasteiger partial charge in [-0.15, -0.1) is 0 Å². The third-order valence-corrected chi connectivity index (χ3v) is 14.6. The predicted octanol–water partition coefficient (Wildman–Crippen LogP) is 20.4. The maximum Gasteiger partial charge on any atom is 0.306 e. The fourth-order valence-corrected chi connectivity index (χ4v) is 9.55. The van der Waals surface area contributed by atoms with Crippen molar-refractivity contribution >= 4 is 17.9 Å². The summed E-state index contributed by atoms with van der Waals surface area (Å²) in [6.45, 7) is 11.5. The number of rotatable bonds is 56. The lowest BCUT2D eigenvalue weighted by molar-refractivity contribution is -0.167. The Hall–Kier alpha value is -1.59. The largest absolute Gasteiger partial charge is 0.462 e. The first kappa shape index (κ1) is 66.4. The molecule has 0 aromatic carbocycles. The third-order valence-electron chi connectivity index (χ3n) is 14.6. The highest BCUT2D eigenvalue weighted by Gasteiger charge is 2.19. The number of carbonyl (C=O) groups is 3. The van der Waals surface area contributed by atoms with Gasteiger partial charge >= 0.3 is 17.9 Å². The minimum Gasteiger partial charge on any atom is -0.462 e. The molecule has 6 heteroatoms. The molecular formula is C62H120O6. The van der Waals surface area contributed by atoms with E-state index >= 15 is 0 Å². The first-order valence-corrected chi connectivity index (χ1v) is 30.8. The Bertz CT molecular complexity index is 1040. The van der Waals surface area contributed by atoms with Crippen molar-refractivity contribution in [1.82, 2.24) is 0 Å². The van der Waals surface area contributed by atoms with Crippen molar-refractivity contribution in [2.24, 2.45) is 11.8 Å². The fraction of sp³-hybridized carbons (Fsp3) is 0.952. The second-order valence-corrected chi connectivity index (χ2v) is 22.1. The molecule has 404 valence electrons. The van der Waals surface area contributed by atoms with Crippen molar-refractivity contribution in [2.75, 3.05) is 13.2 Å². The summed E-state index contributed by atoms with van der Waals surface area (Å²) in [5.74, 6) is 0.913. The summed E-state index contributed by atoms with van der Waals surface area (Å²) in [5.41, 5.74) is 0. The molecule has 68 heavy (non-hydrogen) atoms. The average Bonchev–Trinajstić information content (AvgIpc) is 3.32. The van der Waals surface area contributed by atoms with Crippen molar-refractivity contribution in [3.63, 3.8) is 0 Å². The van der Waals surface area contributed by atoms with Gasteiger partial charge in [-0.2, -0.15) is 0 Å². The van der Waals surface area contributed by atoms with Gasteiger partial charge in [0.25, 0.3) is 0 Å². The van der Waals surface area contributed by atoms with Crippen molar-refractivity contribution in [3.8, 4) is 0 Å². The molecule has 0 aromatic rings. The molecule has 0 fully saturated rings. The van der Waals surface area contributed by atoms with E-state index < -0.39 is 6.10 Å². The molecule has 2 atom stereocenters. The van der Waals surface area contributed by atoms with Gasteiger partial charge in [0.1, 0.15) is 13.2 Å². The van der Waals surface area contributed by atoms with Gasteiger partial charge in [-0.25, -0.2) is 0 Å². The Morgan fingerprint density at radius 2 is 0.559 bits per heavy atom. The summed E-state index contributed by atoms with van der Waals surface area (Å²) in [7, 11) is 0. The Morgan fingerprint density at radius 3 is 0.838 bits per heavy atom. The highest BCUT2D eigenvalue weighted by molar-refractivity contribution is 5.71. The van der Waals surface area contributed by atoms with Gasteiger partial charge in [-0.05, 0) is 31.1 Å². The zero-order valence-electron chi connectivity index (χ0n) is 46.7. The van der Waals surface area contributed by atoms with Crippen LogP contribution in [0.4, 0.5) is 0 Å². The fourth-order valence-electron chi connectivity index (χ4n) is 9.55. The van der Waals surface area contributed by atoms with Crippen molar-refractivity contribution in [2.45, 2.75) is 355 Å². The summed E-state index contributed by atoms with van der Waals surface area (Å²) in [5, 5.41) is 0. The summed E-state index contributed by atoms with van der Waals surface area (Å²) in [4.78, 5) is 38.2. The SMILES string of the molecule is CCCCCCCCCCCCCCC(=O)OC[C@H](COC(=O)CCCCCCCCCCCCCCCCCCCCC(C)CC)OC(=O)CCCCCCCCCCCCCCCC(C)C. The van der Waals surface area contributed by atoms with Crippen molar-refractivity contribution < 1.29 is 28.6 Å². The van der Waals surface area contributed by atoms with Crippen LogP contribution in [0.25, 0.3) is 0 Å². The van der Waals surface area contributed by atoms with Crippen LogP contribution in [0.1, 0.15) is 349 Å². The normalized spacial score (nSPS) is 12.4. The zero-order valence-corrected chi connectivity index (χ0v) is 46.7. The van der Waals surface area contributed by atoms with Crippen LogP contribution in [-0.2, 0) is 28.6 Å². The van der Waals surface area contributed by atoms with E-state index in [1.54, 1.807) is 0 Å². The van der Waals surface area contributed by atoms with Gasteiger partial charge in [0.15, 0.2) is 6.10 Å². The summed E-state index contributed by atoms with van der Waals surface area (Å²) >= 11 is 0. The Kier molecular flexibility index (Phi) is 53.5. The van der Waals surface area contributed by atoms with Crippen LogP contribution < -0.4 is 0 Å². The van der Waals surface area contributed by atoms with Crippen LogP contribution in [0, 0.1) is 11.8 Å². The molecule has 1 unspecified atom stereocenters. The number of ether oxygens (including phenoxy) is 3. The van der Waals surface area contributed by atoms with E-state index in [2.05, 4.69) is 34.6 Å². The highest BCUT2D eigenvalue weighted by atomic mass is 16.6. The molecule has 0 saturated carbocycles. The van der Waals surface area contributed by atoms with Gasteiger partial charge in [0.2, 0.25) is 0 Å². The van der Waals surface area contributed by atoms with E-state index in [0.29, 0.717) is 19.3 Å². The van der Waals surface area contributed by atoms with E-state index in [0.717, 1.165) is 69.6 Å².